The van der Waals surface area contributed by atoms with E-state index >= 15 is 0 Å². The molecule has 3 aliphatic rings. The number of unbranched alkanes of at least 4 members (excludes halogenated alkanes) is 1. The highest BCUT2D eigenvalue weighted by molar-refractivity contribution is 6.08. The summed E-state index contributed by atoms with van der Waals surface area (Å²) in [6.45, 7) is 2.29. The van der Waals surface area contributed by atoms with Crippen molar-refractivity contribution in [2.24, 2.45) is 10.1 Å². The molecule has 0 atom stereocenters. The number of hydrazone groups is 1. The molecule has 3 aromatic rings. The largest absolute Gasteiger partial charge is 0.309 e. The van der Waals surface area contributed by atoms with Crippen LogP contribution < -0.4 is 11.0 Å². The zero-order chi connectivity index (χ0) is 31.4. The third-order valence-electron chi connectivity index (χ3n) is 8.53. The van der Waals surface area contributed by atoms with E-state index in [2.05, 4.69) is 27.8 Å². The smallest absolute Gasteiger partial charge is 0.294 e. The Morgan fingerprint density at radius 2 is 1.73 bits per heavy atom. The van der Waals surface area contributed by atoms with Crippen LogP contribution in [0.2, 0.25) is 0 Å². The molecule has 12 heteroatoms. The van der Waals surface area contributed by atoms with Crippen LogP contribution in [0.4, 0.5) is 0 Å². The number of amides is 2. The molecule has 232 valence electrons. The molecular formula is C33H35N7O5. The molecule has 2 heterocycles. The first-order valence-corrected chi connectivity index (χ1v) is 15.3. The average Bonchev–Trinajstić information content (AvgIpc) is 3.81. The number of carbonyl (C=O) groups is 2. The van der Waals surface area contributed by atoms with Gasteiger partial charge in [-0.05, 0) is 47.6 Å². The highest BCUT2D eigenvalue weighted by Crippen LogP contribution is 2.40. The van der Waals surface area contributed by atoms with Gasteiger partial charge in [-0.15, -0.1) is 20.3 Å². The first-order valence-electron chi connectivity index (χ1n) is 15.3. The Balaban J connectivity index is 1.17. The van der Waals surface area contributed by atoms with Gasteiger partial charge < -0.3 is 4.84 Å². The lowest BCUT2D eigenvalue weighted by molar-refractivity contribution is -0.763. The number of nitrogens with zero attached hydrogens (tertiary/aromatic N) is 5. The molecule has 2 amide bonds. The maximum Gasteiger partial charge on any atom is 0.294 e. The Bertz CT molecular complexity index is 1660. The predicted octanol–water partition coefficient (Wildman–Crippen LogP) is 5.13. The lowest BCUT2D eigenvalue weighted by Crippen LogP contribution is -2.46. The first kappa shape index (κ1) is 29.8. The fraction of sp³-hybridized carbons (Fsp3) is 0.333. The second-order valence-electron chi connectivity index (χ2n) is 11.5. The molecule has 3 aromatic carbocycles. The zero-order valence-electron chi connectivity index (χ0n) is 25.1. The molecule has 1 aliphatic carbocycles. The van der Waals surface area contributed by atoms with Crippen LogP contribution >= 0.6 is 0 Å². The van der Waals surface area contributed by atoms with E-state index in [4.69, 9.17) is 4.99 Å². The minimum Gasteiger partial charge on any atom is -0.309 e. The van der Waals surface area contributed by atoms with E-state index in [9.17, 15) is 19.7 Å². The fourth-order valence-corrected chi connectivity index (χ4v) is 6.18. The standard InChI is InChI=1S/C33H35N7O5/c1-2-3-14-29-34-33(19-8-9-20-33)32(42)38(29)21-23-15-17-24(18-16-23)26-11-6-7-13-28(26)30-35-37-39(36-30)31(41)27-12-5-4-10-25(27)22-45-40(43)44/h4-7,10-13,15-18,37H,2-3,8-9,14,19-22H2,1H3,(H,35,36). The normalized spacial score (nSPS) is 16.8. The Labute approximate surface area is 260 Å². The van der Waals surface area contributed by atoms with E-state index in [1.165, 1.54) is 0 Å². The van der Waals surface area contributed by atoms with Gasteiger partial charge in [0, 0.05) is 17.5 Å². The number of carbonyl (C=O) groups excluding carboxylic acids is 2. The molecule has 0 radical (unpaired) electrons. The van der Waals surface area contributed by atoms with Crippen LogP contribution in [0.25, 0.3) is 11.1 Å². The Morgan fingerprint density at radius 3 is 2.47 bits per heavy atom. The molecule has 0 saturated heterocycles. The van der Waals surface area contributed by atoms with Crippen molar-refractivity contribution in [2.45, 2.75) is 70.6 Å². The van der Waals surface area contributed by atoms with E-state index in [-0.39, 0.29) is 18.1 Å². The number of benzene rings is 3. The van der Waals surface area contributed by atoms with Crippen LogP contribution in [0, 0.1) is 10.1 Å². The molecule has 0 bridgehead atoms. The molecule has 6 rings (SSSR count). The minimum absolute atomic E-state index is 0.144. The molecule has 45 heavy (non-hydrogen) atoms. The highest BCUT2D eigenvalue weighted by atomic mass is 16.9. The monoisotopic (exact) mass is 609 g/mol. The highest BCUT2D eigenvalue weighted by Gasteiger charge is 2.49. The van der Waals surface area contributed by atoms with Crippen molar-refractivity contribution in [3.05, 3.63) is 105 Å². The van der Waals surface area contributed by atoms with E-state index in [0.717, 1.165) is 78.2 Å². The number of rotatable bonds is 11. The fourth-order valence-electron chi connectivity index (χ4n) is 6.18. The summed E-state index contributed by atoms with van der Waals surface area (Å²) >= 11 is 0. The lowest BCUT2D eigenvalue weighted by Gasteiger charge is -2.23. The molecule has 0 unspecified atom stereocenters. The van der Waals surface area contributed by atoms with Gasteiger partial charge in [-0.1, -0.05) is 92.9 Å². The summed E-state index contributed by atoms with van der Waals surface area (Å²) in [6, 6.07) is 22.4. The summed E-state index contributed by atoms with van der Waals surface area (Å²) in [7, 11) is 0. The van der Waals surface area contributed by atoms with Crippen molar-refractivity contribution < 1.29 is 19.5 Å². The summed E-state index contributed by atoms with van der Waals surface area (Å²) in [5, 5.41) is 15.3. The van der Waals surface area contributed by atoms with Crippen molar-refractivity contribution >= 4 is 23.5 Å². The van der Waals surface area contributed by atoms with Gasteiger partial charge in [0.05, 0.1) is 6.54 Å². The third-order valence-corrected chi connectivity index (χ3v) is 8.53. The van der Waals surface area contributed by atoms with Crippen LogP contribution in [0.15, 0.2) is 82.9 Å². The second-order valence-corrected chi connectivity index (χ2v) is 11.5. The van der Waals surface area contributed by atoms with E-state index in [1.807, 2.05) is 53.4 Å². The number of amidine groups is 2. The summed E-state index contributed by atoms with van der Waals surface area (Å²) in [4.78, 5) is 48.9. The number of hydrogen-bond acceptors (Lipinski definition) is 9. The molecule has 2 N–H and O–H groups in total. The number of hydrazine groups is 2. The zero-order valence-corrected chi connectivity index (χ0v) is 25.1. The quantitative estimate of drug-likeness (QED) is 0.227. The third kappa shape index (κ3) is 6.08. The van der Waals surface area contributed by atoms with Crippen molar-refractivity contribution in [2.75, 3.05) is 0 Å². The van der Waals surface area contributed by atoms with Gasteiger partial charge in [-0.25, -0.2) is 0 Å². The summed E-state index contributed by atoms with van der Waals surface area (Å²) in [6.07, 6.45) is 6.65. The van der Waals surface area contributed by atoms with Crippen molar-refractivity contribution in [3.8, 4) is 11.1 Å². The number of aliphatic imine (C=N–C) groups is 1. The van der Waals surface area contributed by atoms with E-state index in [1.54, 1.807) is 24.3 Å². The molecule has 1 spiro atoms. The lowest BCUT2D eigenvalue weighted by atomic mass is 9.97. The molecule has 1 saturated carbocycles. The van der Waals surface area contributed by atoms with Crippen molar-refractivity contribution in [3.63, 3.8) is 0 Å². The maximum absolute atomic E-state index is 13.6. The minimum atomic E-state index is -0.894. The summed E-state index contributed by atoms with van der Waals surface area (Å²) < 4.78 is 0. The molecule has 12 nitrogen and oxygen atoms in total. The Hall–Kier alpha value is -5.26. The average molecular weight is 610 g/mol. The Morgan fingerprint density at radius 1 is 1.02 bits per heavy atom. The molecule has 2 aliphatic heterocycles. The van der Waals surface area contributed by atoms with Gasteiger partial charge >= 0.3 is 0 Å². The van der Waals surface area contributed by atoms with E-state index < -0.39 is 16.5 Å². The van der Waals surface area contributed by atoms with Gasteiger partial charge in [-0.2, -0.15) is 5.53 Å². The van der Waals surface area contributed by atoms with Gasteiger partial charge in [0.15, 0.2) is 5.84 Å². The van der Waals surface area contributed by atoms with Crippen LogP contribution in [0.5, 0.6) is 0 Å². The molecule has 1 fully saturated rings. The van der Waals surface area contributed by atoms with Crippen LogP contribution in [0.3, 0.4) is 0 Å². The number of hydrogen-bond donors (Lipinski definition) is 2. The van der Waals surface area contributed by atoms with Crippen LogP contribution in [-0.2, 0) is 22.8 Å². The molecular weight excluding hydrogens is 574 g/mol. The maximum atomic E-state index is 13.6. The first-order chi connectivity index (χ1) is 21.9. The summed E-state index contributed by atoms with van der Waals surface area (Å²) in [5.74, 6) is 1.02. The van der Waals surface area contributed by atoms with Gasteiger partial charge in [0.1, 0.15) is 18.0 Å². The predicted molar refractivity (Wildman–Crippen MR) is 168 cm³/mol. The van der Waals surface area contributed by atoms with Crippen molar-refractivity contribution in [1.29, 1.82) is 0 Å². The van der Waals surface area contributed by atoms with Gasteiger partial charge in [0.25, 0.3) is 16.9 Å². The summed E-state index contributed by atoms with van der Waals surface area (Å²) in [5.41, 5.74) is 9.41. The van der Waals surface area contributed by atoms with Crippen LogP contribution in [0.1, 0.15) is 78.9 Å². The van der Waals surface area contributed by atoms with Crippen molar-refractivity contribution in [1.82, 2.24) is 21.0 Å². The van der Waals surface area contributed by atoms with Gasteiger partial charge in [0.2, 0.25) is 0 Å². The topological polar surface area (TPSA) is 142 Å². The molecule has 0 aromatic heterocycles. The number of nitrogens with one attached hydrogen (secondary N) is 2. The van der Waals surface area contributed by atoms with E-state index in [0.29, 0.717) is 17.9 Å². The second kappa shape index (κ2) is 12.8. The SMILES string of the molecule is CCCCC1=NC2(CCCC2)C(=O)N1Cc1ccc(-c2ccccc2C2=NNN(C(=O)c3ccccc3CO[N+](=O)[O-])N2)cc1. The van der Waals surface area contributed by atoms with Crippen LogP contribution in [-0.4, -0.2) is 44.1 Å². The Kier molecular flexibility index (Phi) is 8.45. The van der Waals surface area contributed by atoms with Gasteiger partial charge in [-0.3, -0.25) is 24.9 Å².